The zero-order valence-electron chi connectivity index (χ0n) is 13.7. The zero-order valence-corrected chi connectivity index (χ0v) is 14.5. The molecule has 0 aromatic heterocycles. The third-order valence-corrected chi connectivity index (χ3v) is 5.49. The van der Waals surface area contributed by atoms with Crippen molar-refractivity contribution in [3.8, 4) is 0 Å². The van der Waals surface area contributed by atoms with E-state index in [1.807, 2.05) is 6.07 Å². The normalized spacial score (nSPS) is 27.1. The maximum atomic E-state index is 6.16. The van der Waals surface area contributed by atoms with Gasteiger partial charge in [0.05, 0.1) is 0 Å². The van der Waals surface area contributed by atoms with Crippen LogP contribution in [0.25, 0.3) is 0 Å². The molecule has 0 radical (unpaired) electrons. The maximum Gasteiger partial charge on any atom is 0.0426 e. The average molecular weight is 321 g/mol. The van der Waals surface area contributed by atoms with Gasteiger partial charge in [-0.15, -0.1) is 0 Å². The second kappa shape index (κ2) is 7.70. The van der Waals surface area contributed by atoms with Crippen molar-refractivity contribution in [3.05, 3.63) is 29.3 Å². The van der Waals surface area contributed by atoms with E-state index in [1.165, 1.54) is 50.8 Å². The molecule has 1 heterocycles. The van der Waals surface area contributed by atoms with Crippen molar-refractivity contribution in [2.24, 2.45) is 11.8 Å². The number of rotatable bonds is 4. The number of hydrogen-bond acceptors (Lipinski definition) is 2. The minimum atomic E-state index is 0.615. The van der Waals surface area contributed by atoms with Crippen LogP contribution in [0.3, 0.4) is 0 Å². The molecule has 2 unspecified atom stereocenters. The van der Waals surface area contributed by atoms with Crippen molar-refractivity contribution in [3.63, 3.8) is 0 Å². The third kappa shape index (κ3) is 4.39. The molecule has 1 aliphatic carbocycles. The molecule has 1 aliphatic heterocycles. The van der Waals surface area contributed by atoms with E-state index in [1.54, 1.807) is 0 Å². The summed E-state index contributed by atoms with van der Waals surface area (Å²) in [4.78, 5) is 2.50. The number of anilines is 1. The molecule has 3 rings (SSSR count). The van der Waals surface area contributed by atoms with Gasteiger partial charge in [0.2, 0.25) is 0 Å². The van der Waals surface area contributed by atoms with Crippen molar-refractivity contribution in [2.45, 2.75) is 51.5 Å². The number of piperidine rings is 1. The van der Waals surface area contributed by atoms with E-state index in [2.05, 4.69) is 35.3 Å². The smallest absolute Gasteiger partial charge is 0.0426 e. The molecule has 1 aromatic rings. The Balaban J connectivity index is 1.56. The fraction of sp³-hybridized carbons (Fsp3) is 0.684. The van der Waals surface area contributed by atoms with E-state index in [-0.39, 0.29) is 0 Å². The van der Waals surface area contributed by atoms with Gasteiger partial charge < -0.3 is 10.2 Å². The lowest BCUT2D eigenvalue weighted by Crippen LogP contribution is -2.49. The number of hydrogen-bond donors (Lipinski definition) is 1. The van der Waals surface area contributed by atoms with Crippen LogP contribution in [-0.2, 0) is 0 Å². The molecule has 0 amide bonds. The quantitative estimate of drug-likeness (QED) is 0.863. The number of benzene rings is 1. The van der Waals surface area contributed by atoms with Gasteiger partial charge in [-0.1, -0.05) is 43.9 Å². The van der Waals surface area contributed by atoms with E-state index >= 15 is 0 Å². The summed E-state index contributed by atoms with van der Waals surface area (Å²) in [5.41, 5.74) is 1.27. The molecule has 22 heavy (non-hydrogen) atoms. The van der Waals surface area contributed by atoms with Gasteiger partial charge in [-0.05, 0) is 55.8 Å². The van der Waals surface area contributed by atoms with Crippen LogP contribution in [0.15, 0.2) is 24.3 Å². The largest absolute Gasteiger partial charge is 0.370 e. The van der Waals surface area contributed by atoms with Crippen LogP contribution in [0.5, 0.6) is 0 Å². The monoisotopic (exact) mass is 320 g/mol. The highest BCUT2D eigenvalue weighted by Gasteiger charge is 2.25. The summed E-state index contributed by atoms with van der Waals surface area (Å²) in [6.45, 7) is 5.83. The highest BCUT2D eigenvalue weighted by molar-refractivity contribution is 6.30. The highest BCUT2D eigenvalue weighted by Crippen LogP contribution is 2.27. The topological polar surface area (TPSA) is 15.3 Å². The molecular formula is C19H29ClN2. The van der Waals surface area contributed by atoms with E-state index < -0.39 is 0 Å². The van der Waals surface area contributed by atoms with Crippen LogP contribution >= 0.6 is 11.6 Å². The second-order valence-electron chi connectivity index (χ2n) is 7.33. The zero-order chi connectivity index (χ0) is 15.4. The van der Waals surface area contributed by atoms with Gasteiger partial charge in [0, 0.05) is 29.8 Å². The van der Waals surface area contributed by atoms with Gasteiger partial charge in [-0.3, -0.25) is 0 Å². The Morgan fingerprint density at radius 1 is 1.18 bits per heavy atom. The van der Waals surface area contributed by atoms with Gasteiger partial charge in [0.15, 0.2) is 0 Å². The molecule has 1 N–H and O–H groups in total. The molecule has 1 aromatic carbocycles. The minimum Gasteiger partial charge on any atom is -0.370 e. The summed E-state index contributed by atoms with van der Waals surface area (Å²) < 4.78 is 0. The Hall–Kier alpha value is -0.730. The fourth-order valence-corrected chi connectivity index (χ4v) is 4.29. The molecular weight excluding hydrogens is 292 g/mol. The van der Waals surface area contributed by atoms with Crippen LogP contribution in [-0.4, -0.2) is 25.7 Å². The highest BCUT2D eigenvalue weighted by atomic mass is 35.5. The molecule has 2 atom stereocenters. The SMILES string of the molecule is CC1CC(NCC2CCCCC2)CN(c2cccc(Cl)c2)C1. The van der Waals surface area contributed by atoms with Gasteiger partial charge >= 0.3 is 0 Å². The van der Waals surface area contributed by atoms with Gasteiger partial charge in [-0.25, -0.2) is 0 Å². The average Bonchev–Trinajstić information content (AvgIpc) is 2.53. The Morgan fingerprint density at radius 2 is 2.00 bits per heavy atom. The summed E-state index contributed by atoms with van der Waals surface area (Å²) >= 11 is 6.16. The second-order valence-corrected chi connectivity index (χ2v) is 7.77. The van der Waals surface area contributed by atoms with Crippen LogP contribution < -0.4 is 10.2 Å². The predicted octanol–water partition coefficient (Wildman–Crippen LogP) is 4.72. The molecule has 1 saturated carbocycles. The Labute approximate surface area is 140 Å². The van der Waals surface area contributed by atoms with E-state index in [0.29, 0.717) is 6.04 Å². The van der Waals surface area contributed by atoms with Crippen LogP contribution in [0, 0.1) is 11.8 Å². The first-order chi connectivity index (χ1) is 10.7. The third-order valence-electron chi connectivity index (χ3n) is 5.25. The first-order valence-corrected chi connectivity index (χ1v) is 9.32. The lowest BCUT2D eigenvalue weighted by atomic mass is 9.88. The molecule has 0 bridgehead atoms. The first-order valence-electron chi connectivity index (χ1n) is 8.94. The predicted molar refractivity (Wildman–Crippen MR) is 95.8 cm³/mol. The Kier molecular flexibility index (Phi) is 5.65. The minimum absolute atomic E-state index is 0.615. The summed E-state index contributed by atoms with van der Waals surface area (Å²) in [7, 11) is 0. The number of halogens is 1. The van der Waals surface area contributed by atoms with Crippen LogP contribution in [0.4, 0.5) is 5.69 Å². The van der Waals surface area contributed by atoms with E-state index in [4.69, 9.17) is 11.6 Å². The molecule has 2 aliphatic rings. The number of nitrogens with one attached hydrogen (secondary N) is 1. The summed E-state index contributed by atoms with van der Waals surface area (Å²) in [5.74, 6) is 1.64. The van der Waals surface area contributed by atoms with Crippen molar-refractivity contribution in [1.29, 1.82) is 0 Å². The van der Waals surface area contributed by atoms with Crippen LogP contribution in [0.1, 0.15) is 45.4 Å². The van der Waals surface area contributed by atoms with Crippen molar-refractivity contribution >= 4 is 17.3 Å². The van der Waals surface area contributed by atoms with Gasteiger partial charge in [0.25, 0.3) is 0 Å². The molecule has 0 spiro atoms. The molecule has 1 saturated heterocycles. The van der Waals surface area contributed by atoms with E-state index in [9.17, 15) is 0 Å². The Morgan fingerprint density at radius 3 is 2.77 bits per heavy atom. The maximum absolute atomic E-state index is 6.16. The molecule has 122 valence electrons. The fourth-order valence-electron chi connectivity index (χ4n) is 4.11. The first kappa shape index (κ1) is 16.1. The molecule has 2 fully saturated rings. The summed E-state index contributed by atoms with van der Waals surface area (Å²) in [6, 6.07) is 8.91. The van der Waals surface area contributed by atoms with Gasteiger partial charge in [-0.2, -0.15) is 0 Å². The van der Waals surface area contributed by atoms with Crippen molar-refractivity contribution < 1.29 is 0 Å². The Bertz CT molecular complexity index is 470. The standard InChI is InChI=1S/C19H29ClN2/c1-15-10-18(21-12-16-6-3-2-4-7-16)14-22(13-15)19-9-5-8-17(20)11-19/h5,8-9,11,15-16,18,21H,2-4,6-7,10,12-14H2,1H3. The van der Waals surface area contributed by atoms with Crippen LogP contribution in [0.2, 0.25) is 5.02 Å². The lowest BCUT2D eigenvalue weighted by molar-refractivity contribution is 0.295. The summed E-state index contributed by atoms with van der Waals surface area (Å²) in [6.07, 6.45) is 8.45. The van der Waals surface area contributed by atoms with Gasteiger partial charge in [0.1, 0.15) is 0 Å². The van der Waals surface area contributed by atoms with Crippen molar-refractivity contribution in [2.75, 3.05) is 24.5 Å². The van der Waals surface area contributed by atoms with Crippen molar-refractivity contribution in [1.82, 2.24) is 5.32 Å². The lowest BCUT2D eigenvalue weighted by Gasteiger charge is -2.39. The number of nitrogens with zero attached hydrogens (tertiary/aromatic N) is 1. The molecule has 3 heteroatoms. The van der Waals surface area contributed by atoms with E-state index in [0.717, 1.165) is 29.9 Å². The summed E-state index contributed by atoms with van der Waals surface area (Å²) in [5, 5.41) is 4.70. The molecule has 2 nitrogen and oxygen atoms in total.